The predicted molar refractivity (Wildman–Crippen MR) is 118 cm³/mol. The topological polar surface area (TPSA) is 179 Å². The summed E-state index contributed by atoms with van der Waals surface area (Å²) in [6.45, 7) is 1.37. The molecule has 0 saturated heterocycles. The van der Waals surface area contributed by atoms with E-state index in [1.54, 1.807) is 24.3 Å². The Morgan fingerprint density at radius 2 is 1.71 bits per heavy atom. The molecule has 34 heavy (non-hydrogen) atoms. The Labute approximate surface area is 194 Å². The van der Waals surface area contributed by atoms with Crippen molar-refractivity contribution in [2.75, 3.05) is 11.9 Å². The molecule has 14 heteroatoms. The summed E-state index contributed by atoms with van der Waals surface area (Å²) in [5, 5.41) is 33.0. The van der Waals surface area contributed by atoms with E-state index in [2.05, 4.69) is 15.5 Å². The number of aromatic nitrogens is 2. The van der Waals surface area contributed by atoms with Gasteiger partial charge in [0, 0.05) is 24.6 Å². The number of rotatable bonds is 7. The molecule has 4 rings (SSSR count). The van der Waals surface area contributed by atoms with Crippen LogP contribution in [0.2, 0.25) is 0 Å². The average Bonchev–Trinajstić information content (AvgIpc) is 3.34. The minimum Gasteiger partial charge on any atom is -0.296 e. The molecule has 2 aromatic carbocycles. The summed E-state index contributed by atoms with van der Waals surface area (Å²) in [6.07, 6.45) is 0.195. The fourth-order valence-corrected chi connectivity index (χ4v) is 4.16. The van der Waals surface area contributed by atoms with E-state index in [4.69, 9.17) is 0 Å². The van der Waals surface area contributed by atoms with Crippen LogP contribution in [0.15, 0.2) is 36.4 Å². The highest BCUT2D eigenvalue weighted by atomic mass is 32.1. The van der Waals surface area contributed by atoms with Crippen LogP contribution in [0.1, 0.15) is 41.6 Å². The van der Waals surface area contributed by atoms with Crippen LogP contribution in [0, 0.1) is 27.2 Å². The lowest BCUT2D eigenvalue weighted by atomic mass is 10.0. The van der Waals surface area contributed by atoms with Crippen LogP contribution < -0.4 is 5.32 Å². The first-order chi connectivity index (χ1) is 16.2. The summed E-state index contributed by atoms with van der Waals surface area (Å²) in [7, 11) is 0. The highest BCUT2D eigenvalue weighted by Crippen LogP contribution is 2.29. The molecule has 0 bridgehead atoms. The van der Waals surface area contributed by atoms with Crippen LogP contribution in [-0.4, -0.2) is 49.2 Å². The number of fused-ring (bicyclic) bond motifs is 1. The van der Waals surface area contributed by atoms with Crippen molar-refractivity contribution < 1.29 is 24.2 Å². The fraction of sp³-hybridized carbons (Fsp3) is 0.150. The summed E-state index contributed by atoms with van der Waals surface area (Å²) < 4.78 is 0. The second-order valence-corrected chi connectivity index (χ2v) is 8.23. The van der Waals surface area contributed by atoms with Gasteiger partial charge in [-0.15, -0.1) is 10.2 Å². The number of benzene rings is 2. The third-order valence-electron chi connectivity index (χ3n) is 5.13. The van der Waals surface area contributed by atoms with Gasteiger partial charge < -0.3 is 0 Å². The van der Waals surface area contributed by atoms with Crippen molar-refractivity contribution in [3.8, 4) is 0 Å². The molecule has 3 aromatic rings. The number of hydrogen-bond donors (Lipinski definition) is 1. The number of carbonyl (C=O) groups excluding carboxylic acids is 3. The standard InChI is InChI=1S/C20H14N6O7S/c1-10-14(8-11(25(30)31)9-15(10)26(32)33)17(27)21-20-23-22-16(34-20)6-7-24-18(28)12-4-2-3-5-13(12)19(24)29/h2-5,8-9H,6-7H2,1H3,(H,21,23,27). The summed E-state index contributed by atoms with van der Waals surface area (Å²) >= 11 is 0.981. The number of imide groups is 1. The number of nitro benzene ring substituents is 2. The molecule has 0 atom stereocenters. The lowest BCUT2D eigenvalue weighted by molar-refractivity contribution is -0.394. The lowest BCUT2D eigenvalue weighted by Crippen LogP contribution is -2.31. The maximum absolute atomic E-state index is 12.7. The molecule has 0 radical (unpaired) electrons. The van der Waals surface area contributed by atoms with Crippen LogP contribution in [0.3, 0.4) is 0 Å². The van der Waals surface area contributed by atoms with Gasteiger partial charge in [-0.25, -0.2) is 0 Å². The molecule has 0 spiro atoms. The quantitative estimate of drug-likeness (QED) is 0.301. The van der Waals surface area contributed by atoms with Crippen molar-refractivity contribution in [3.05, 3.63) is 83.9 Å². The number of anilines is 1. The predicted octanol–water partition coefficient (Wildman–Crippen LogP) is 2.75. The fourth-order valence-electron chi connectivity index (χ4n) is 3.43. The molecule has 2 heterocycles. The van der Waals surface area contributed by atoms with Crippen molar-refractivity contribution in [3.63, 3.8) is 0 Å². The largest absolute Gasteiger partial charge is 0.296 e. The van der Waals surface area contributed by atoms with Crippen molar-refractivity contribution in [1.29, 1.82) is 0 Å². The van der Waals surface area contributed by atoms with E-state index in [0.717, 1.165) is 28.4 Å². The van der Waals surface area contributed by atoms with Crippen LogP contribution >= 0.6 is 11.3 Å². The van der Waals surface area contributed by atoms with E-state index >= 15 is 0 Å². The number of non-ortho nitro benzene ring substituents is 1. The van der Waals surface area contributed by atoms with E-state index in [1.807, 2.05) is 0 Å². The van der Waals surface area contributed by atoms with Gasteiger partial charge in [0.2, 0.25) is 5.13 Å². The highest BCUT2D eigenvalue weighted by molar-refractivity contribution is 7.15. The van der Waals surface area contributed by atoms with Gasteiger partial charge >= 0.3 is 0 Å². The number of amides is 3. The Hall–Kier alpha value is -4.59. The third kappa shape index (κ3) is 4.09. The van der Waals surface area contributed by atoms with Crippen LogP contribution in [0.4, 0.5) is 16.5 Å². The first kappa shape index (κ1) is 22.6. The molecule has 3 amide bonds. The van der Waals surface area contributed by atoms with Gasteiger partial charge in [0.25, 0.3) is 29.1 Å². The molecule has 172 valence electrons. The van der Waals surface area contributed by atoms with E-state index in [9.17, 15) is 34.6 Å². The minimum absolute atomic E-state index is 0.0385. The van der Waals surface area contributed by atoms with E-state index in [-0.39, 0.29) is 29.2 Å². The average molecular weight is 482 g/mol. The molecule has 1 aromatic heterocycles. The van der Waals surface area contributed by atoms with Crippen molar-refractivity contribution in [2.45, 2.75) is 13.3 Å². The van der Waals surface area contributed by atoms with Crippen molar-refractivity contribution >= 4 is 45.6 Å². The monoisotopic (exact) mass is 482 g/mol. The second kappa shape index (κ2) is 8.74. The maximum atomic E-state index is 12.7. The molecule has 1 aliphatic heterocycles. The molecule has 0 aliphatic carbocycles. The molecular formula is C20H14N6O7S. The normalized spacial score (nSPS) is 12.6. The zero-order valence-electron chi connectivity index (χ0n) is 17.4. The Morgan fingerprint density at radius 1 is 1.06 bits per heavy atom. The van der Waals surface area contributed by atoms with E-state index in [1.165, 1.54) is 6.92 Å². The first-order valence-corrected chi connectivity index (χ1v) is 10.5. The molecular weight excluding hydrogens is 468 g/mol. The molecule has 13 nitrogen and oxygen atoms in total. The molecule has 0 unspecified atom stereocenters. The third-order valence-corrected chi connectivity index (χ3v) is 6.03. The second-order valence-electron chi connectivity index (χ2n) is 7.16. The summed E-state index contributed by atoms with van der Waals surface area (Å²) in [5.74, 6) is -1.63. The number of nitro groups is 2. The number of nitrogens with zero attached hydrogens (tertiary/aromatic N) is 5. The Morgan fingerprint density at radius 3 is 2.29 bits per heavy atom. The zero-order valence-corrected chi connectivity index (χ0v) is 18.2. The van der Waals surface area contributed by atoms with Gasteiger partial charge in [-0.1, -0.05) is 23.5 Å². The van der Waals surface area contributed by atoms with Gasteiger partial charge in [-0.2, -0.15) is 0 Å². The van der Waals surface area contributed by atoms with E-state index in [0.29, 0.717) is 16.1 Å². The smallest absolute Gasteiger partial charge is 0.279 e. The molecule has 0 saturated carbocycles. The van der Waals surface area contributed by atoms with E-state index < -0.39 is 38.9 Å². The lowest BCUT2D eigenvalue weighted by Gasteiger charge is -2.12. The van der Waals surface area contributed by atoms with Crippen molar-refractivity contribution in [1.82, 2.24) is 15.1 Å². The van der Waals surface area contributed by atoms with Gasteiger partial charge in [0.1, 0.15) is 5.01 Å². The Balaban J connectivity index is 1.46. The van der Waals surface area contributed by atoms with Crippen LogP contribution in [0.25, 0.3) is 0 Å². The van der Waals surface area contributed by atoms with Gasteiger partial charge in [-0.05, 0) is 19.1 Å². The van der Waals surface area contributed by atoms with Gasteiger partial charge in [0.15, 0.2) is 0 Å². The summed E-state index contributed by atoms with van der Waals surface area (Å²) in [4.78, 5) is 59.3. The van der Waals surface area contributed by atoms with Gasteiger partial charge in [-0.3, -0.25) is 44.8 Å². The number of nitrogens with one attached hydrogen (secondary N) is 1. The Bertz CT molecular complexity index is 1350. The maximum Gasteiger partial charge on any atom is 0.279 e. The molecule has 1 N–H and O–H groups in total. The minimum atomic E-state index is -0.828. The molecule has 0 fully saturated rings. The zero-order chi connectivity index (χ0) is 24.6. The SMILES string of the molecule is Cc1c(C(=O)Nc2nnc(CCN3C(=O)c4ccccc4C3=O)s2)cc([N+](=O)[O-])cc1[N+](=O)[O-]. The van der Waals surface area contributed by atoms with Crippen molar-refractivity contribution in [2.24, 2.45) is 0 Å². The number of carbonyl (C=O) groups is 3. The number of hydrogen-bond acceptors (Lipinski definition) is 10. The molecule has 1 aliphatic rings. The first-order valence-electron chi connectivity index (χ1n) is 9.69. The van der Waals surface area contributed by atoms with Crippen LogP contribution in [-0.2, 0) is 6.42 Å². The summed E-state index contributed by atoms with van der Waals surface area (Å²) in [5.41, 5.74) is -0.773. The van der Waals surface area contributed by atoms with Crippen LogP contribution in [0.5, 0.6) is 0 Å². The van der Waals surface area contributed by atoms with Gasteiger partial charge in [0.05, 0.1) is 32.6 Å². The summed E-state index contributed by atoms with van der Waals surface area (Å²) in [6, 6.07) is 8.23. The Kier molecular flexibility index (Phi) is 5.81. The highest BCUT2D eigenvalue weighted by Gasteiger charge is 2.34.